The second-order valence-corrected chi connectivity index (χ2v) is 7.74. The molecule has 0 aliphatic carbocycles. The molecule has 0 bridgehead atoms. The predicted octanol–water partition coefficient (Wildman–Crippen LogP) is 5.14. The summed E-state index contributed by atoms with van der Waals surface area (Å²) in [5.74, 6) is -0.114. The highest BCUT2D eigenvalue weighted by Crippen LogP contribution is 2.27. The van der Waals surface area contributed by atoms with E-state index in [1.807, 2.05) is 36.4 Å². The van der Waals surface area contributed by atoms with E-state index in [0.717, 1.165) is 11.1 Å². The first-order chi connectivity index (χ1) is 16.0. The maximum atomic E-state index is 13.7. The molecule has 0 atom stereocenters. The van der Waals surface area contributed by atoms with Crippen molar-refractivity contribution in [3.63, 3.8) is 0 Å². The van der Waals surface area contributed by atoms with Gasteiger partial charge in [-0.05, 0) is 37.6 Å². The molecule has 0 fully saturated rings. The maximum Gasteiger partial charge on any atom is 0.256 e. The van der Waals surface area contributed by atoms with Crippen LogP contribution in [0.3, 0.4) is 0 Å². The Bertz CT molecular complexity index is 1450. The molecule has 0 radical (unpaired) electrons. The minimum absolute atomic E-state index is 0.317. The number of nitrogens with zero attached hydrogens (tertiary/aromatic N) is 4. The summed E-state index contributed by atoms with van der Waals surface area (Å²) in [7, 11) is 0. The van der Waals surface area contributed by atoms with Gasteiger partial charge in [0.25, 0.3) is 5.91 Å². The summed E-state index contributed by atoms with van der Waals surface area (Å²) in [6.45, 7) is 3.82. The fraction of sp³-hybridized carbons (Fsp3) is 0.120. The van der Waals surface area contributed by atoms with Crippen LogP contribution in [0.5, 0.6) is 0 Å². The minimum atomic E-state index is -0.320. The summed E-state index contributed by atoms with van der Waals surface area (Å²) in [5, 5.41) is 11.8. The monoisotopic (exact) mass is 441 g/mol. The first-order valence-corrected chi connectivity index (χ1v) is 10.4. The Hall–Kier alpha value is -4.33. The number of rotatable bonds is 5. The van der Waals surface area contributed by atoms with E-state index in [1.54, 1.807) is 36.9 Å². The van der Waals surface area contributed by atoms with Crippen molar-refractivity contribution in [3.8, 4) is 11.3 Å². The van der Waals surface area contributed by atoms with Crippen molar-refractivity contribution < 1.29 is 13.7 Å². The summed E-state index contributed by atoms with van der Waals surface area (Å²) in [6, 6.07) is 17.7. The third-order valence-corrected chi connectivity index (χ3v) is 5.42. The molecule has 5 aromatic rings. The molecule has 1 amide bonds. The molecular weight excluding hydrogens is 421 g/mol. The smallest absolute Gasteiger partial charge is 0.256 e. The van der Waals surface area contributed by atoms with Crippen molar-refractivity contribution in [1.82, 2.24) is 19.9 Å². The van der Waals surface area contributed by atoms with Gasteiger partial charge in [0, 0.05) is 5.56 Å². The van der Waals surface area contributed by atoms with Gasteiger partial charge in [0.05, 0.1) is 29.4 Å². The van der Waals surface area contributed by atoms with E-state index in [2.05, 4.69) is 15.6 Å². The Kier molecular flexibility index (Phi) is 5.18. The highest BCUT2D eigenvalue weighted by molar-refractivity contribution is 6.13. The summed E-state index contributed by atoms with van der Waals surface area (Å²) >= 11 is 0. The molecule has 7 nitrogen and oxygen atoms in total. The Morgan fingerprint density at radius 1 is 1.09 bits per heavy atom. The van der Waals surface area contributed by atoms with Crippen LogP contribution in [0.1, 0.15) is 27.4 Å². The first-order valence-electron chi connectivity index (χ1n) is 10.4. The van der Waals surface area contributed by atoms with Gasteiger partial charge < -0.3 is 9.84 Å². The lowest BCUT2D eigenvalue weighted by Gasteiger charge is -2.10. The van der Waals surface area contributed by atoms with Gasteiger partial charge in [-0.25, -0.2) is 14.1 Å². The molecular formula is C25H20FN5O2. The zero-order valence-electron chi connectivity index (χ0n) is 18.0. The predicted molar refractivity (Wildman–Crippen MR) is 122 cm³/mol. The van der Waals surface area contributed by atoms with Crippen LogP contribution < -0.4 is 5.32 Å². The van der Waals surface area contributed by atoms with Gasteiger partial charge in [0.1, 0.15) is 17.2 Å². The number of hydrogen-bond donors (Lipinski definition) is 1. The molecule has 0 saturated carbocycles. The van der Waals surface area contributed by atoms with Crippen LogP contribution in [0.2, 0.25) is 0 Å². The molecule has 3 heterocycles. The SMILES string of the molecule is Cc1noc(C)c1NC(=O)c1cc(-c2ccccc2)nc2c1cnn2Cc1cccc(F)c1. The molecule has 0 aliphatic heterocycles. The number of benzene rings is 2. The zero-order valence-corrected chi connectivity index (χ0v) is 18.0. The van der Waals surface area contributed by atoms with Crippen LogP contribution in [-0.2, 0) is 6.54 Å². The van der Waals surface area contributed by atoms with E-state index in [-0.39, 0.29) is 11.7 Å². The van der Waals surface area contributed by atoms with Crippen molar-refractivity contribution in [3.05, 3.63) is 95.3 Å². The van der Waals surface area contributed by atoms with Gasteiger partial charge in [-0.3, -0.25) is 4.79 Å². The number of carbonyl (C=O) groups is 1. The van der Waals surface area contributed by atoms with Gasteiger partial charge in [-0.2, -0.15) is 5.10 Å². The standard InChI is InChI=1S/C25H20FN5O2/c1-15-23(16(2)33-30-15)29-25(32)20-12-22(18-8-4-3-5-9-18)28-24-21(20)13-27-31(24)14-17-7-6-10-19(26)11-17/h3-13H,14H2,1-2H3,(H,29,32). The minimum Gasteiger partial charge on any atom is -0.359 e. The number of pyridine rings is 1. The number of halogens is 1. The summed E-state index contributed by atoms with van der Waals surface area (Å²) in [5.41, 5.74) is 4.33. The number of fused-ring (bicyclic) bond motifs is 1. The van der Waals surface area contributed by atoms with E-state index >= 15 is 0 Å². The van der Waals surface area contributed by atoms with E-state index in [1.165, 1.54) is 12.1 Å². The average molecular weight is 441 g/mol. The Morgan fingerprint density at radius 2 is 1.91 bits per heavy atom. The van der Waals surface area contributed by atoms with Gasteiger partial charge >= 0.3 is 0 Å². The Labute approximate surface area is 188 Å². The molecule has 0 saturated heterocycles. The molecule has 5 rings (SSSR count). The lowest BCUT2D eigenvalue weighted by Crippen LogP contribution is -2.14. The summed E-state index contributed by atoms with van der Waals surface area (Å²) in [4.78, 5) is 18.1. The van der Waals surface area contributed by atoms with E-state index in [4.69, 9.17) is 9.51 Å². The van der Waals surface area contributed by atoms with Crippen LogP contribution in [0, 0.1) is 19.7 Å². The first kappa shape index (κ1) is 20.6. The fourth-order valence-electron chi connectivity index (χ4n) is 3.76. The molecule has 164 valence electrons. The second-order valence-electron chi connectivity index (χ2n) is 7.74. The topological polar surface area (TPSA) is 85.8 Å². The van der Waals surface area contributed by atoms with Crippen LogP contribution in [0.4, 0.5) is 10.1 Å². The summed E-state index contributed by atoms with van der Waals surface area (Å²) in [6.07, 6.45) is 1.61. The molecule has 1 N–H and O–H groups in total. The van der Waals surface area contributed by atoms with Crippen molar-refractivity contribution >= 4 is 22.6 Å². The van der Waals surface area contributed by atoms with Gasteiger partial charge in [-0.15, -0.1) is 0 Å². The van der Waals surface area contributed by atoms with Crippen molar-refractivity contribution in [1.29, 1.82) is 0 Å². The zero-order chi connectivity index (χ0) is 22.9. The van der Waals surface area contributed by atoms with Gasteiger partial charge in [-0.1, -0.05) is 47.6 Å². The third-order valence-electron chi connectivity index (χ3n) is 5.42. The van der Waals surface area contributed by atoms with E-state index in [0.29, 0.717) is 46.0 Å². The molecule has 2 aromatic carbocycles. The lowest BCUT2D eigenvalue weighted by molar-refractivity contribution is 0.102. The maximum absolute atomic E-state index is 13.7. The number of aromatic nitrogens is 4. The number of anilines is 1. The number of nitrogens with one attached hydrogen (secondary N) is 1. The molecule has 0 spiro atoms. The molecule has 0 unspecified atom stereocenters. The number of amides is 1. The highest BCUT2D eigenvalue weighted by Gasteiger charge is 2.20. The van der Waals surface area contributed by atoms with Crippen molar-refractivity contribution in [2.75, 3.05) is 5.32 Å². The van der Waals surface area contributed by atoms with Crippen LogP contribution in [0.15, 0.2) is 71.4 Å². The molecule has 0 aliphatic rings. The Morgan fingerprint density at radius 3 is 2.64 bits per heavy atom. The van der Waals surface area contributed by atoms with E-state index in [9.17, 15) is 9.18 Å². The quantitative estimate of drug-likeness (QED) is 0.408. The van der Waals surface area contributed by atoms with Crippen molar-refractivity contribution in [2.45, 2.75) is 20.4 Å². The number of aryl methyl sites for hydroxylation is 2. The van der Waals surface area contributed by atoms with Gasteiger partial charge in [0.2, 0.25) is 0 Å². The van der Waals surface area contributed by atoms with Crippen LogP contribution >= 0.6 is 0 Å². The average Bonchev–Trinajstić information content (AvgIpc) is 3.37. The van der Waals surface area contributed by atoms with Gasteiger partial charge in [0.15, 0.2) is 11.4 Å². The third kappa shape index (κ3) is 3.98. The van der Waals surface area contributed by atoms with Crippen molar-refractivity contribution in [2.24, 2.45) is 0 Å². The highest BCUT2D eigenvalue weighted by atomic mass is 19.1. The lowest BCUT2D eigenvalue weighted by atomic mass is 10.1. The summed E-state index contributed by atoms with van der Waals surface area (Å²) < 4.78 is 20.5. The molecule has 3 aromatic heterocycles. The normalized spacial score (nSPS) is 11.1. The molecule has 8 heteroatoms. The Balaban J connectivity index is 1.63. The van der Waals surface area contributed by atoms with Crippen LogP contribution in [0.25, 0.3) is 22.3 Å². The number of carbonyl (C=O) groups excluding carboxylic acids is 1. The second kappa shape index (κ2) is 8.31. The fourth-order valence-corrected chi connectivity index (χ4v) is 3.76. The largest absolute Gasteiger partial charge is 0.359 e. The van der Waals surface area contributed by atoms with Crippen LogP contribution in [-0.4, -0.2) is 25.8 Å². The van der Waals surface area contributed by atoms with E-state index < -0.39 is 0 Å². The molecule has 33 heavy (non-hydrogen) atoms. The number of hydrogen-bond acceptors (Lipinski definition) is 5.